The van der Waals surface area contributed by atoms with Crippen LogP contribution in [0.4, 0.5) is 0 Å². The van der Waals surface area contributed by atoms with E-state index in [-0.39, 0.29) is 0 Å². The van der Waals surface area contributed by atoms with Crippen LogP contribution in [-0.2, 0) is 6.54 Å². The van der Waals surface area contributed by atoms with Gasteiger partial charge in [0, 0.05) is 16.6 Å². The molecule has 0 aromatic heterocycles. The Morgan fingerprint density at radius 3 is 2.47 bits per heavy atom. The summed E-state index contributed by atoms with van der Waals surface area (Å²) in [6, 6.07) is 11.7. The van der Waals surface area contributed by atoms with Crippen molar-refractivity contribution in [3.63, 3.8) is 0 Å². The Labute approximate surface area is 111 Å². The Kier molecular flexibility index (Phi) is 3.72. The van der Waals surface area contributed by atoms with E-state index in [1.807, 2.05) is 43.3 Å². The summed E-state index contributed by atoms with van der Waals surface area (Å²) in [5, 5.41) is 1.47. The third-order valence-corrected chi connectivity index (χ3v) is 3.41. The minimum absolute atomic E-state index is 0.460. The zero-order valence-electron chi connectivity index (χ0n) is 9.50. The number of benzene rings is 2. The second-order valence-corrected chi connectivity index (χ2v) is 4.81. The number of hydrogen-bond donors (Lipinski definition) is 1. The van der Waals surface area contributed by atoms with E-state index in [4.69, 9.17) is 28.9 Å². The lowest BCUT2D eigenvalue weighted by atomic mass is 9.99. The molecular formula is C14H13Cl2N. The summed E-state index contributed by atoms with van der Waals surface area (Å²) in [4.78, 5) is 0. The molecule has 2 aromatic carbocycles. The van der Waals surface area contributed by atoms with Gasteiger partial charge >= 0.3 is 0 Å². The molecule has 0 amide bonds. The van der Waals surface area contributed by atoms with E-state index in [2.05, 4.69) is 0 Å². The lowest BCUT2D eigenvalue weighted by molar-refractivity contribution is 1.07. The molecule has 1 nitrogen and oxygen atoms in total. The maximum atomic E-state index is 6.13. The van der Waals surface area contributed by atoms with E-state index in [1.165, 1.54) is 0 Å². The molecule has 88 valence electrons. The van der Waals surface area contributed by atoms with E-state index in [0.717, 1.165) is 27.3 Å². The molecule has 0 aliphatic heterocycles. The van der Waals surface area contributed by atoms with Gasteiger partial charge in [-0.25, -0.2) is 0 Å². The van der Waals surface area contributed by atoms with Crippen LogP contribution in [0.3, 0.4) is 0 Å². The van der Waals surface area contributed by atoms with Crippen molar-refractivity contribution in [3.8, 4) is 11.1 Å². The molecule has 0 fully saturated rings. The summed E-state index contributed by atoms with van der Waals surface area (Å²) in [6.07, 6.45) is 0. The Bertz CT molecular complexity index is 550. The molecule has 0 radical (unpaired) electrons. The van der Waals surface area contributed by atoms with Crippen molar-refractivity contribution in [2.45, 2.75) is 13.5 Å². The topological polar surface area (TPSA) is 26.0 Å². The van der Waals surface area contributed by atoms with E-state index in [0.29, 0.717) is 11.6 Å². The Hall–Kier alpha value is -1.02. The molecule has 0 bridgehead atoms. The second kappa shape index (κ2) is 5.09. The fourth-order valence-electron chi connectivity index (χ4n) is 1.77. The van der Waals surface area contributed by atoms with Gasteiger partial charge in [-0.15, -0.1) is 0 Å². The van der Waals surface area contributed by atoms with Crippen LogP contribution in [0.25, 0.3) is 11.1 Å². The largest absolute Gasteiger partial charge is 0.326 e. The van der Waals surface area contributed by atoms with Crippen LogP contribution in [0.2, 0.25) is 10.0 Å². The van der Waals surface area contributed by atoms with Gasteiger partial charge in [-0.2, -0.15) is 0 Å². The van der Waals surface area contributed by atoms with E-state index in [1.54, 1.807) is 0 Å². The van der Waals surface area contributed by atoms with Crippen LogP contribution in [0.15, 0.2) is 36.4 Å². The van der Waals surface area contributed by atoms with Gasteiger partial charge in [0.25, 0.3) is 0 Å². The van der Waals surface area contributed by atoms with Crippen molar-refractivity contribution in [2.75, 3.05) is 0 Å². The quantitative estimate of drug-likeness (QED) is 0.855. The predicted molar refractivity (Wildman–Crippen MR) is 74.5 cm³/mol. The molecule has 3 heteroatoms. The van der Waals surface area contributed by atoms with Crippen LogP contribution in [0.5, 0.6) is 0 Å². The van der Waals surface area contributed by atoms with E-state index < -0.39 is 0 Å². The first kappa shape index (κ1) is 12.4. The molecule has 2 rings (SSSR count). The van der Waals surface area contributed by atoms with Gasteiger partial charge in [0.1, 0.15) is 0 Å². The van der Waals surface area contributed by atoms with Gasteiger partial charge in [-0.1, -0.05) is 41.4 Å². The van der Waals surface area contributed by atoms with Gasteiger partial charge in [0.2, 0.25) is 0 Å². The molecule has 0 spiro atoms. The number of hydrogen-bond acceptors (Lipinski definition) is 1. The molecule has 2 N–H and O–H groups in total. The minimum Gasteiger partial charge on any atom is -0.326 e. The van der Waals surface area contributed by atoms with Crippen molar-refractivity contribution in [1.29, 1.82) is 0 Å². The normalized spacial score (nSPS) is 10.6. The van der Waals surface area contributed by atoms with Crippen LogP contribution < -0.4 is 5.73 Å². The van der Waals surface area contributed by atoms with Gasteiger partial charge in [-0.3, -0.25) is 0 Å². The van der Waals surface area contributed by atoms with Crippen molar-refractivity contribution < 1.29 is 0 Å². The number of rotatable bonds is 2. The number of halogens is 2. The average Bonchev–Trinajstić information content (AvgIpc) is 2.32. The zero-order valence-corrected chi connectivity index (χ0v) is 11.0. The summed E-state index contributed by atoms with van der Waals surface area (Å²) in [5.41, 5.74) is 9.98. The standard InChI is InChI=1S/C14H13Cl2N/c1-9-2-3-10(7-14(9)16)13-5-4-12(15)6-11(13)8-17/h2-7H,8,17H2,1H3. The molecule has 0 aliphatic rings. The summed E-state index contributed by atoms with van der Waals surface area (Å²) >= 11 is 12.1. The van der Waals surface area contributed by atoms with Crippen molar-refractivity contribution in [2.24, 2.45) is 5.73 Å². The Morgan fingerprint density at radius 2 is 1.82 bits per heavy atom. The number of aryl methyl sites for hydroxylation is 1. The predicted octanol–water partition coefficient (Wildman–Crippen LogP) is 4.43. The fraction of sp³-hybridized carbons (Fsp3) is 0.143. The summed E-state index contributed by atoms with van der Waals surface area (Å²) < 4.78 is 0. The van der Waals surface area contributed by atoms with Gasteiger partial charge in [-0.05, 0) is 47.4 Å². The second-order valence-electron chi connectivity index (χ2n) is 3.97. The van der Waals surface area contributed by atoms with Crippen molar-refractivity contribution in [3.05, 3.63) is 57.6 Å². The highest BCUT2D eigenvalue weighted by Crippen LogP contribution is 2.29. The van der Waals surface area contributed by atoms with Crippen molar-refractivity contribution in [1.82, 2.24) is 0 Å². The SMILES string of the molecule is Cc1ccc(-c2ccc(Cl)cc2CN)cc1Cl. The highest BCUT2D eigenvalue weighted by molar-refractivity contribution is 6.31. The van der Waals surface area contributed by atoms with Crippen LogP contribution in [0, 0.1) is 6.92 Å². The third kappa shape index (κ3) is 2.63. The molecule has 17 heavy (non-hydrogen) atoms. The highest BCUT2D eigenvalue weighted by atomic mass is 35.5. The highest BCUT2D eigenvalue weighted by Gasteiger charge is 2.06. The van der Waals surface area contributed by atoms with Gasteiger partial charge in [0.15, 0.2) is 0 Å². The maximum absolute atomic E-state index is 6.13. The Balaban J connectivity index is 2.55. The first-order valence-corrected chi connectivity index (χ1v) is 6.12. The van der Waals surface area contributed by atoms with E-state index >= 15 is 0 Å². The molecular weight excluding hydrogens is 253 g/mol. The lowest BCUT2D eigenvalue weighted by Crippen LogP contribution is -1.99. The van der Waals surface area contributed by atoms with Crippen LogP contribution in [0.1, 0.15) is 11.1 Å². The maximum Gasteiger partial charge on any atom is 0.0441 e. The van der Waals surface area contributed by atoms with E-state index in [9.17, 15) is 0 Å². The Morgan fingerprint density at radius 1 is 1.06 bits per heavy atom. The molecule has 0 heterocycles. The van der Waals surface area contributed by atoms with Crippen LogP contribution >= 0.6 is 23.2 Å². The molecule has 0 saturated carbocycles. The van der Waals surface area contributed by atoms with Crippen molar-refractivity contribution >= 4 is 23.2 Å². The summed E-state index contributed by atoms with van der Waals surface area (Å²) in [7, 11) is 0. The van der Waals surface area contributed by atoms with Gasteiger partial charge < -0.3 is 5.73 Å². The first-order valence-electron chi connectivity index (χ1n) is 5.37. The average molecular weight is 266 g/mol. The molecule has 0 aliphatic carbocycles. The zero-order chi connectivity index (χ0) is 12.4. The summed E-state index contributed by atoms with van der Waals surface area (Å²) in [6.45, 7) is 2.44. The first-order chi connectivity index (χ1) is 8.11. The fourth-order valence-corrected chi connectivity index (χ4v) is 2.15. The number of nitrogens with two attached hydrogens (primary N) is 1. The monoisotopic (exact) mass is 265 g/mol. The smallest absolute Gasteiger partial charge is 0.0441 e. The minimum atomic E-state index is 0.460. The van der Waals surface area contributed by atoms with Gasteiger partial charge in [0.05, 0.1) is 0 Å². The molecule has 0 unspecified atom stereocenters. The lowest BCUT2D eigenvalue weighted by Gasteiger charge is -2.10. The molecule has 0 saturated heterocycles. The third-order valence-electron chi connectivity index (χ3n) is 2.77. The molecule has 0 atom stereocenters. The molecule has 2 aromatic rings. The summed E-state index contributed by atoms with van der Waals surface area (Å²) in [5.74, 6) is 0. The van der Waals surface area contributed by atoms with Crippen LogP contribution in [-0.4, -0.2) is 0 Å².